The second-order valence-corrected chi connectivity index (χ2v) is 7.91. The molecule has 7 nitrogen and oxygen atoms in total. The Morgan fingerprint density at radius 1 is 1.00 bits per heavy atom. The highest BCUT2D eigenvalue weighted by Crippen LogP contribution is 2.59. The molecule has 23 heavy (non-hydrogen) atoms. The van der Waals surface area contributed by atoms with Gasteiger partial charge in [-0.15, -0.1) is 0 Å². The maximum absolute atomic E-state index is 12.5. The second kappa shape index (κ2) is 5.69. The zero-order valence-corrected chi connectivity index (χ0v) is 14.5. The largest absolute Gasteiger partial charge is 0.481 e. The minimum Gasteiger partial charge on any atom is -0.481 e. The molecule has 2 amide bonds. The van der Waals surface area contributed by atoms with Crippen LogP contribution in [-0.2, 0) is 14.3 Å². The Kier molecular flexibility index (Phi) is 4.34. The fourth-order valence-electron chi connectivity index (χ4n) is 3.19. The molecule has 2 fully saturated rings. The molecule has 2 atom stereocenters. The third kappa shape index (κ3) is 3.59. The van der Waals surface area contributed by atoms with Crippen molar-refractivity contribution in [3.63, 3.8) is 0 Å². The number of carbonyl (C=O) groups is 3. The van der Waals surface area contributed by atoms with Crippen molar-refractivity contribution in [3.05, 3.63) is 0 Å². The van der Waals surface area contributed by atoms with Gasteiger partial charge in [0.2, 0.25) is 5.91 Å². The summed E-state index contributed by atoms with van der Waals surface area (Å²) >= 11 is 0. The van der Waals surface area contributed by atoms with E-state index in [-0.39, 0.29) is 12.0 Å². The van der Waals surface area contributed by atoms with Crippen LogP contribution in [0.2, 0.25) is 0 Å². The summed E-state index contributed by atoms with van der Waals surface area (Å²) < 4.78 is 5.32. The lowest BCUT2D eigenvalue weighted by Crippen LogP contribution is -2.52. The van der Waals surface area contributed by atoms with Gasteiger partial charge in [-0.2, -0.15) is 0 Å². The molecule has 7 heteroatoms. The molecule has 2 aliphatic rings. The zero-order valence-electron chi connectivity index (χ0n) is 14.5. The van der Waals surface area contributed by atoms with E-state index in [1.165, 1.54) is 0 Å². The summed E-state index contributed by atoms with van der Waals surface area (Å²) in [6, 6.07) is 0. The molecule has 0 aromatic carbocycles. The molecule has 0 bridgehead atoms. The van der Waals surface area contributed by atoms with Crippen LogP contribution >= 0.6 is 0 Å². The number of ether oxygens (including phenoxy) is 1. The first-order chi connectivity index (χ1) is 10.4. The summed E-state index contributed by atoms with van der Waals surface area (Å²) in [7, 11) is 0. The smallest absolute Gasteiger partial charge is 0.410 e. The zero-order chi connectivity index (χ0) is 17.6. The van der Waals surface area contributed by atoms with Gasteiger partial charge in [0, 0.05) is 26.2 Å². The minimum atomic E-state index is -0.916. The molecule has 2 unspecified atom stereocenters. The van der Waals surface area contributed by atoms with Gasteiger partial charge in [-0.1, -0.05) is 13.8 Å². The first kappa shape index (κ1) is 17.6. The molecule has 0 aromatic heterocycles. The van der Waals surface area contributed by atoms with E-state index in [9.17, 15) is 19.5 Å². The summed E-state index contributed by atoms with van der Waals surface area (Å²) in [5.74, 6) is -2.11. The van der Waals surface area contributed by atoms with E-state index in [0.29, 0.717) is 26.2 Å². The van der Waals surface area contributed by atoms with Crippen molar-refractivity contribution in [1.29, 1.82) is 0 Å². The van der Waals surface area contributed by atoms with Crippen molar-refractivity contribution in [2.75, 3.05) is 26.2 Å². The summed E-state index contributed by atoms with van der Waals surface area (Å²) in [5.41, 5.74) is -1.04. The summed E-state index contributed by atoms with van der Waals surface area (Å²) in [6.45, 7) is 10.7. The molecule has 2 rings (SSSR count). The Bertz CT molecular complexity index is 515. The molecule has 130 valence electrons. The Balaban J connectivity index is 1.89. The van der Waals surface area contributed by atoms with Crippen LogP contribution in [0.1, 0.15) is 34.6 Å². The third-order valence-electron chi connectivity index (χ3n) is 4.60. The van der Waals surface area contributed by atoms with Crippen molar-refractivity contribution in [3.8, 4) is 0 Å². The van der Waals surface area contributed by atoms with Gasteiger partial charge < -0.3 is 19.6 Å². The number of hydrogen-bond acceptors (Lipinski definition) is 4. The molecule has 1 aliphatic heterocycles. The Morgan fingerprint density at radius 2 is 1.48 bits per heavy atom. The molecule has 0 aromatic rings. The van der Waals surface area contributed by atoms with E-state index in [1.807, 2.05) is 34.6 Å². The average Bonchev–Trinajstić information content (AvgIpc) is 2.99. The van der Waals surface area contributed by atoms with Gasteiger partial charge in [0.15, 0.2) is 0 Å². The quantitative estimate of drug-likeness (QED) is 0.829. The molecule has 0 radical (unpaired) electrons. The highest BCUT2D eigenvalue weighted by atomic mass is 16.6. The number of carboxylic acid groups (broad SMARTS) is 1. The van der Waals surface area contributed by atoms with E-state index in [0.717, 1.165) is 0 Å². The van der Waals surface area contributed by atoms with E-state index in [1.54, 1.807) is 9.80 Å². The number of rotatable bonds is 2. The molecule has 1 aliphatic carbocycles. The fourth-order valence-corrected chi connectivity index (χ4v) is 3.19. The lowest BCUT2D eigenvalue weighted by atomic mass is 10.1. The lowest BCUT2D eigenvalue weighted by Gasteiger charge is -2.36. The minimum absolute atomic E-state index is 0.119. The molecule has 1 heterocycles. The molecular formula is C16H26N2O5. The summed E-state index contributed by atoms with van der Waals surface area (Å²) in [6.07, 6.45) is -0.375. The van der Waals surface area contributed by atoms with Gasteiger partial charge in [-0.25, -0.2) is 4.79 Å². The van der Waals surface area contributed by atoms with Crippen molar-refractivity contribution < 1.29 is 24.2 Å². The van der Waals surface area contributed by atoms with Gasteiger partial charge in [0.25, 0.3) is 0 Å². The molecule has 0 spiro atoms. The van der Waals surface area contributed by atoms with Crippen LogP contribution < -0.4 is 0 Å². The monoisotopic (exact) mass is 326 g/mol. The number of hydrogen-bond donors (Lipinski definition) is 1. The van der Waals surface area contributed by atoms with Crippen molar-refractivity contribution in [2.45, 2.75) is 40.2 Å². The van der Waals surface area contributed by atoms with E-state index in [2.05, 4.69) is 0 Å². The van der Waals surface area contributed by atoms with Crippen LogP contribution in [0.25, 0.3) is 0 Å². The number of aliphatic carboxylic acids is 1. The fraction of sp³-hybridized carbons (Fsp3) is 0.812. The second-order valence-electron chi connectivity index (χ2n) is 7.91. The molecule has 1 saturated carbocycles. The number of nitrogens with zero attached hydrogens (tertiary/aromatic N) is 2. The Morgan fingerprint density at radius 3 is 1.87 bits per heavy atom. The normalized spacial score (nSPS) is 26.7. The predicted molar refractivity (Wildman–Crippen MR) is 82.8 cm³/mol. The van der Waals surface area contributed by atoms with Crippen LogP contribution in [0, 0.1) is 17.3 Å². The Labute approximate surface area is 136 Å². The number of carboxylic acids is 1. The van der Waals surface area contributed by atoms with Gasteiger partial charge in [0.1, 0.15) is 5.60 Å². The summed E-state index contributed by atoms with van der Waals surface area (Å²) in [4.78, 5) is 39.0. The van der Waals surface area contributed by atoms with E-state index < -0.39 is 28.8 Å². The molecular weight excluding hydrogens is 300 g/mol. The molecule has 1 saturated heterocycles. The van der Waals surface area contributed by atoms with Crippen molar-refractivity contribution in [2.24, 2.45) is 17.3 Å². The average molecular weight is 326 g/mol. The van der Waals surface area contributed by atoms with Crippen LogP contribution in [0.4, 0.5) is 4.79 Å². The molecule has 1 N–H and O–H groups in total. The van der Waals surface area contributed by atoms with E-state index >= 15 is 0 Å². The highest BCUT2D eigenvalue weighted by molar-refractivity contribution is 5.91. The van der Waals surface area contributed by atoms with Gasteiger partial charge in [-0.3, -0.25) is 9.59 Å². The van der Waals surface area contributed by atoms with Crippen LogP contribution in [0.5, 0.6) is 0 Å². The summed E-state index contributed by atoms with van der Waals surface area (Å²) in [5, 5.41) is 9.19. The van der Waals surface area contributed by atoms with Gasteiger partial charge in [-0.05, 0) is 26.2 Å². The highest BCUT2D eigenvalue weighted by Gasteiger charge is 2.66. The predicted octanol–water partition coefficient (Wildman–Crippen LogP) is 1.42. The van der Waals surface area contributed by atoms with Crippen LogP contribution in [-0.4, -0.2) is 64.7 Å². The van der Waals surface area contributed by atoms with Crippen molar-refractivity contribution >= 4 is 18.0 Å². The number of carbonyl (C=O) groups excluding carboxylic acids is 2. The lowest BCUT2D eigenvalue weighted by molar-refractivity contribution is -0.142. The van der Waals surface area contributed by atoms with Crippen molar-refractivity contribution in [1.82, 2.24) is 9.80 Å². The van der Waals surface area contributed by atoms with Crippen LogP contribution in [0.3, 0.4) is 0 Å². The first-order valence-electron chi connectivity index (χ1n) is 7.94. The van der Waals surface area contributed by atoms with Gasteiger partial charge >= 0.3 is 12.1 Å². The maximum Gasteiger partial charge on any atom is 0.410 e. The SMILES string of the molecule is CC(C)(C)OC(=O)N1CCN(C(=O)C2C(C(=O)O)C2(C)C)CC1. The first-order valence-corrected chi connectivity index (χ1v) is 7.94. The standard InChI is InChI=1S/C16H26N2O5/c1-15(2,3)23-14(22)18-8-6-17(7-9-18)12(19)10-11(13(20)21)16(10,4)5/h10-11H,6-9H2,1-5H3,(H,20,21). The number of amides is 2. The Hall–Kier alpha value is -1.79. The van der Waals surface area contributed by atoms with E-state index in [4.69, 9.17) is 4.74 Å². The third-order valence-corrected chi connectivity index (χ3v) is 4.60. The maximum atomic E-state index is 12.5. The van der Waals surface area contributed by atoms with Crippen LogP contribution in [0.15, 0.2) is 0 Å². The van der Waals surface area contributed by atoms with Gasteiger partial charge in [0.05, 0.1) is 11.8 Å². The topological polar surface area (TPSA) is 87.2 Å². The number of piperazine rings is 1.